The van der Waals surface area contributed by atoms with Crippen molar-refractivity contribution in [3.05, 3.63) is 13.8 Å². The Bertz CT molecular complexity index is 46.5. The van der Waals surface area contributed by atoms with Gasteiger partial charge in [0.05, 0.1) is 0 Å². The van der Waals surface area contributed by atoms with Gasteiger partial charge in [-0.05, 0) is 0 Å². The smallest absolute Gasteiger partial charge is 0 e. The van der Waals surface area contributed by atoms with Crippen molar-refractivity contribution in [2.75, 3.05) is 0 Å². The predicted octanol–water partition coefficient (Wildman–Crippen LogP) is 1.68. The second-order valence-electron chi connectivity index (χ2n) is 2.10. The molecule has 42 valence electrons. The second kappa shape index (κ2) is 5.95. The molecule has 1 fully saturated rings. The van der Waals surface area contributed by atoms with E-state index in [1.54, 1.807) is 0 Å². The van der Waals surface area contributed by atoms with E-state index >= 15 is 0 Å². The Morgan fingerprint density at radius 2 is 1.12 bits per heavy atom. The molecule has 0 aromatic rings. The average Bonchev–Trinajstić information content (AvgIpc) is 1.61. The first-order valence-corrected chi connectivity index (χ1v) is 2.47. The summed E-state index contributed by atoms with van der Waals surface area (Å²) in [5.41, 5.74) is 0. The molecule has 0 aromatic carbocycles. The summed E-state index contributed by atoms with van der Waals surface area (Å²) < 4.78 is 0. The van der Waals surface area contributed by atoms with Gasteiger partial charge in [0.15, 0.2) is 0 Å². The normalized spacial score (nSPS) is 33.8. The summed E-state index contributed by atoms with van der Waals surface area (Å²) >= 11 is 0. The van der Waals surface area contributed by atoms with Crippen LogP contribution in [0.4, 0.5) is 0 Å². The molecule has 0 saturated heterocycles. The molecule has 8 heavy (non-hydrogen) atoms. The van der Waals surface area contributed by atoms with Crippen LogP contribution in [0.5, 0.6) is 0 Å². The van der Waals surface area contributed by atoms with Crippen LogP contribution in [0.15, 0.2) is 0 Å². The van der Waals surface area contributed by atoms with Gasteiger partial charge < -0.3 is 13.8 Å². The molecule has 0 aliphatic heterocycles. The van der Waals surface area contributed by atoms with Gasteiger partial charge in [-0.25, -0.2) is 0 Å². The Kier molecular flexibility index (Phi) is 9.56. The molecule has 2 atom stereocenters. The molecule has 1 aliphatic rings. The van der Waals surface area contributed by atoms with E-state index in [1.807, 2.05) is 0 Å². The molecule has 1 rings (SSSR count). The first kappa shape index (κ1) is 12.8. The van der Waals surface area contributed by atoms with E-state index in [9.17, 15) is 0 Å². The molecule has 0 heterocycles. The van der Waals surface area contributed by atoms with Crippen LogP contribution in [0, 0.1) is 25.7 Å². The minimum Gasteiger partial charge on any atom is -0.342 e. The van der Waals surface area contributed by atoms with Gasteiger partial charge in [0.2, 0.25) is 0 Å². The summed E-state index contributed by atoms with van der Waals surface area (Å²) in [4.78, 5) is 0. The van der Waals surface area contributed by atoms with Crippen molar-refractivity contribution in [2.45, 2.75) is 12.8 Å². The van der Waals surface area contributed by atoms with Gasteiger partial charge in [0.25, 0.3) is 0 Å². The third kappa shape index (κ3) is 3.39. The summed E-state index contributed by atoms with van der Waals surface area (Å²) in [6.07, 6.45) is 2.60. The van der Waals surface area contributed by atoms with Crippen molar-refractivity contribution in [1.29, 1.82) is 0 Å². The average molecular weight is 260 g/mol. The van der Waals surface area contributed by atoms with Crippen molar-refractivity contribution in [3.8, 4) is 0 Å². The fraction of sp³-hybridized carbons (Fsp3) is 0.667. The van der Waals surface area contributed by atoms with Crippen LogP contribution in [-0.2, 0) is 65.4 Å². The first-order valence-electron chi connectivity index (χ1n) is 2.47. The zero-order valence-electron chi connectivity index (χ0n) is 5.14. The van der Waals surface area contributed by atoms with Crippen LogP contribution in [0.25, 0.3) is 0 Å². The molecule has 0 nitrogen and oxygen atoms in total. The Morgan fingerprint density at radius 1 is 0.875 bits per heavy atom. The molecule has 0 amide bonds. The molecule has 0 N–H and O–H groups in total. The summed E-state index contributed by atoms with van der Waals surface area (Å²) in [5.74, 6) is 1.34. The quantitative estimate of drug-likeness (QED) is 0.581. The number of hydrogen-bond acceptors (Lipinski definition) is 0. The molecule has 1 saturated carbocycles. The second-order valence-corrected chi connectivity index (χ2v) is 2.10. The minimum atomic E-state index is 0. The fourth-order valence-electron chi connectivity index (χ4n) is 0.638. The summed E-state index contributed by atoms with van der Waals surface area (Å²) in [7, 11) is 0. The molecule has 2 heteroatoms. The summed E-state index contributed by atoms with van der Waals surface area (Å²) in [6.45, 7) is 7.72. The van der Waals surface area contributed by atoms with Gasteiger partial charge in [0, 0.05) is 65.4 Å². The predicted molar refractivity (Wildman–Crippen MR) is 26.9 cm³/mol. The minimum absolute atomic E-state index is 0. The maximum absolute atomic E-state index is 3.86. The van der Waals surface area contributed by atoms with Crippen LogP contribution in [0.2, 0.25) is 0 Å². The zero-order valence-corrected chi connectivity index (χ0v) is 10.8. The molecule has 0 aromatic heterocycles. The first-order chi connectivity index (χ1) is 2.80. The van der Waals surface area contributed by atoms with Crippen LogP contribution in [0.3, 0.4) is 0 Å². The maximum atomic E-state index is 3.86. The van der Waals surface area contributed by atoms with Crippen molar-refractivity contribution in [3.63, 3.8) is 0 Å². The topological polar surface area (TPSA) is 0 Å². The van der Waals surface area contributed by atoms with Crippen LogP contribution >= 0.6 is 0 Å². The molecule has 0 bridgehead atoms. The molecular weight excluding hydrogens is 250 g/mol. The monoisotopic (exact) mass is 260 g/mol. The number of hydrogen-bond donors (Lipinski definition) is 0. The Morgan fingerprint density at radius 3 is 1.12 bits per heavy atom. The fourth-order valence-corrected chi connectivity index (χ4v) is 0.638. The van der Waals surface area contributed by atoms with Crippen molar-refractivity contribution in [1.82, 2.24) is 0 Å². The Labute approximate surface area is 102 Å². The van der Waals surface area contributed by atoms with Gasteiger partial charge in [-0.2, -0.15) is 11.8 Å². The Hall–Kier alpha value is 2.21. The molecule has 2 unspecified atom stereocenters. The summed E-state index contributed by atoms with van der Waals surface area (Å²) in [6, 6.07) is 0. The zero-order chi connectivity index (χ0) is 4.57. The van der Waals surface area contributed by atoms with E-state index in [-0.39, 0.29) is 65.4 Å². The third-order valence-corrected chi connectivity index (χ3v) is 1.57. The van der Waals surface area contributed by atoms with E-state index in [1.165, 1.54) is 12.8 Å². The van der Waals surface area contributed by atoms with Gasteiger partial charge in [-0.15, -0.1) is 0 Å². The third-order valence-electron chi connectivity index (χ3n) is 1.57. The SMILES string of the molecule is [CH2-]C1CCC1[CH2-].[Y].[Y]. The van der Waals surface area contributed by atoms with E-state index in [4.69, 9.17) is 0 Å². The van der Waals surface area contributed by atoms with E-state index in [0.717, 1.165) is 0 Å². The maximum Gasteiger partial charge on any atom is 0 e. The van der Waals surface area contributed by atoms with Gasteiger partial charge in [0.1, 0.15) is 0 Å². The van der Waals surface area contributed by atoms with Gasteiger partial charge >= 0.3 is 0 Å². The van der Waals surface area contributed by atoms with Crippen LogP contribution in [0.1, 0.15) is 12.8 Å². The Balaban J connectivity index is 0. The van der Waals surface area contributed by atoms with Gasteiger partial charge in [-0.1, -0.05) is 12.8 Å². The standard InChI is InChI=1S/C6H10.2Y/c1-5-3-4-6(5)2;;/h5-6H,1-4H2;;/q-2;;. The van der Waals surface area contributed by atoms with Gasteiger partial charge in [-0.3, -0.25) is 0 Å². The van der Waals surface area contributed by atoms with Crippen LogP contribution in [-0.4, -0.2) is 0 Å². The molecule has 0 spiro atoms. The molecule has 1 aliphatic carbocycles. The van der Waals surface area contributed by atoms with Crippen molar-refractivity contribution < 1.29 is 65.4 Å². The van der Waals surface area contributed by atoms with Crippen LogP contribution < -0.4 is 0 Å². The summed E-state index contributed by atoms with van der Waals surface area (Å²) in [5, 5.41) is 0. The van der Waals surface area contributed by atoms with Crippen molar-refractivity contribution in [2.24, 2.45) is 11.8 Å². The van der Waals surface area contributed by atoms with E-state index in [2.05, 4.69) is 13.8 Å². The van der Waals surface area contributed by atoms with E-state index in [0.29, 0.717) is 11.8 Å². The van der Waals surface area contributed by atoms with E-state index < -0.39 is 0 Å². The largest absolute Gasteiger partial charge is 0.342 e. The number of rotatable bonds is 0. The van der Waals surface area contributed by atoms with Crippen molar-refractivity contribution >= 4 is 0 Å². The molecule has 2 radical (unpaired) electrons. The molecular formula is C6H10Y2-2.